The molecule has 1 saturated heterocycles. The zero-order chi connectivity index (χ0) is 33.8. The number of benzene rings is 3. The molecule has 1 saturated carbocycles. The second kappa shape index (κ2) is 12.4. The van der Waals surface area contributed by atoms with Gasteiger partial charge in [0.05, 0.1) is 16.5 Å². The fourth-order valence-electron chi connectivity index (χ4n) is 5.38. The molecule has 1 unspecified atom stereocenters. The van der Waals surface area contributed by atoms with Gasteiger partial charge in [-0.25, -0.2) is 13.2 Å². The van der Waals surface area contributed by atoms with Gasteiger partial charge < -0.3 is 15.4 Å². The molecule has 0 aromatic heterocycles. The SMILES string of the molecule is CC1(C(=O)Nc2c(F)ccc(CC(=O)c3cc(NC(=O)[C@H]4[C@H](c5ccc(F)c(C(F)(F)F)c5)C4(Cl)Cl)ccc3Cl)c2F)CCCO1. The number of hydrogen-bond acceptors (Lipinski definition) is 4. The van der Waals surface area contributed by atoms with Crippen LogP contribution in [0.25, 0.3) is 0 Å². The first-order chi connectivity index (χ1) is 21.4. The number of alkyl halides is 5. The standard InChI is InChI=1S/C31H23Cl3F6N2O4/c1-29(9-2-10-46-29)28(45)42-26-21(36)8-4-15(25(26)37)12-22(43)17-13-16(5-6-19(17)32)41-27(44)24-23(30(24,33)34)14-3-7-20(35)18(11-14)31(38,39)40/h3-8,11,13,23-24H,2,9-10,12H2,1H3,(H,41,44)(H,42,45)/t23-,24+,29?/m0/s1. The molecule has 3 atom stereocenters. The lowest BCUT2D eigenvalue weighted by Crippen LogP contribution is -2.39. The van der Waals surface area contributed by atoms with Crippen molar-refractivity contribution in [1.82, 2.24) is 0 Å². The molecular weight excluding hydrogens is 685 g/mol. The molecule has 0 radical (unpaired) electrons. The predicted molar refractivity (Wildman–Crippen MR) is 159 cm³/mol. The topological polar surface area (TPSA) is 84.5 Å². The number of carbonyl (C=O) groups excluding carboxylic acids is 3. The molecule has 3 aromatic rings. The first kappa shape index (κ1) is 34.0. The highest BCUT2D eigenvalue weighted by atomic mass is 35.5. The van der Waals surface area contributed by atoms with Gasteiger partial charge in [-0.15, -0.1) is 23.2 Å². The van der Waals surface area contributed by atoms with Gasteiger partial charge in [-0.2, -0.15) is 13.2 Å². The molecule has 1 heterocycles. The molecule has 5 rings (SSSR count). The van der Waals surface area contributed by atoms with Crippen LogP contribution in [0.1, 0.15) is 52.7 Å². The average molecular weight is 708 g/mol. The Bertz CT molecular complexity index is 1740. The largest absolute Gasteiger partial charge is 0.419 e. The van der Waals surface area contributed by atoms with Crippen LogP contribution in [0.4, 0.5) is 37.7 Å². The smallest absolute Gasteiger partial charge is 0.365 e. The highest BCUT2D eigenvalue weighted by Gasteiger charge is 2.67. The fraction of sp³-hybridized carbons (Fsp3) is 0.323. The first-order valence-corrected chi connectivity index (χ1v) is 14.9. The van der Waals surface area contributed by atoms with E-state index >= 15 is 4.39 Å². The number of Topliss-reactive ketones (excluding diaryl/α,β-unsaturated/α-hetero) is 1. The van der Waals surface area contributed by atoms with Crippen molar-refractivity contribution in [3.8, 4) is 0 Å². The van der Waals surface area contributed by atoms with Crippen LogP contribution < -0.4 is 10.6 Å². The van der Waals surface area contributed by atoms with Gasteiger partial charge in [0.2, 0.25) is 5.91 Å². The van der Waals surface area contributed by atoms with E-state index in [1.165, 1.54) is 25.1 Å². The molecule has 0 spiro atoms. The summed E-state index contributed by atoms with van der Waals surface area (Å²) in [7, 11) is 0. The molecule has 2 N–H and O–H groups in total. The Hall–Kier alpha value is -3.32. The van der Waals surface area contributed by atoms with Gasteiger partial charge in [0.15, 0.2) is 11.6 Å². The summed E-state index contributed by atoms with van der Waals surface area (Å²) in [6.07, 6.45) is -4.64. The monoisotopic (exact) mass is 706 g/mol. The van der Waals surface area contributed by atoms with Crippen LogP contribution in [-0.2, 0) is 26.9 Å². The lowest BCUT2D eigenvalue weighted by molar-refractivity contribution is -0.140. The van der Waals surface area contributed by atoms with Gasteiger partial charge in [0.1, 0.15) is 27.3 Å². The van der Waals surface area contributed by atoms with Crippen molar-refractivity contribution in [1.29, 1.82) is 0 Å². The number of amides is 2. The third kappa shape index (κ3) is 6.58. The zero-order valence-corrected chi connectivity index (χ0v) is 25.9. The molecule has 15 heteroatoms. The third-order valence-electron chi connectivity index (χ3n) is 7.98. The molecular formula is C31H23Cl3F6N2O4. The lowest BCUT2D eigenvalue weighted by atomic mass is 10.00. The molecule has 3 aromatic carbocycles. The van der Waals surface area contributed by atoms with Crippen LogP contribution in [0.3, 0.4) is 0 Å². The van der Waals surface area contributed by atoms with Gasteiger partial charge in [-0.05, 0) is 67.3 Å². The van der Waals surface area contributed by atoms with Gasteiger partial charge in [0.25, 0.3) is 5.91 Å². The minimum absolute atomic E-state index is 0.0277. The van der Waals surface area contributed by atoms with Crippen LogP contribution in [0.2, 0.25) is 5.02 Å². The van der Waals surface area contributed by atoms with Crippen LogP contribution in [-0.4, -0.2) is 34.1 Å². The van der Waals surface area contributed by atoms with Crippen molar-refractivity contribution in [2.75, 3.05) is 17.2 Å². The minimum atomic E-state index is -4.99. The van der Waals surface area contributed by atoms with E-state index < -0.39 is 80.7 Å². The quantitative estimate of drug-likeness (QED) is 0.140. The average Bonchev–Trinajstić information content (AvgIpc) is 3.28. The fourth-order valence-corrected chi connectivity index (χ4v) is 6.43. The number of rotatable bonds is 8. The number of ketones is 1. The van der Waals surface area contributed by atoms with E-state index in [2.05, 4.69) is 10.6 Å². The van der Waals surface area contributed by atoms with Crippen LogP contribution in [0.5, 0.6) is 0 Å². The normalized spacial score (nSPS) is 22.0. The lowest BCUT2D eigenvalue weighted by Gasteiger charge is -2.22. The Morgan fingerprint density at radius 3 is 2.33 bits per heavy atom. The van der Waals surface area contributed by atoms with Crippen molar-refractivity contribution < 1.29 is 45.5 Å². The summed E-state index contributed by atoms with van der Waals surface area (Å²) in [5, 5.41) is 4.63. The van der Waals surface area contributed by atoms with Crippen LogP contribution in [0, 0.1) is 23.4 Å². The highest BCUT2D eigenvalue weighted by Crippen LogP contribution is 2.65. The summed E-state index contributed by atoms with van der Waals surface area (Å²) in [6.45, 7) is 1.82. The Morgan fingerprint density at radius 1 is 0.978 bits per heavy atom. The number of anilines is 2. The summed E-state index contributed by atoms with van der Waals surface area (Å²) in [5.74, 6) is -8.35. The number of ether oxygens (including phenoxy) is 1. The van der Waals surface area contributed by atoms with E-state index in [1.54, 1.807) is 0 Å². The van der Waals surface area contributed by atoms with Crippen LogP contribution >= 0.6 is 34.8 Å². The third-order valence-corrected chi connectivity index (χ3v) is 9.25. The maximum Gasteiger partial charge on any atom is 0.419 e. The zero-order valence-electron chi connectivity index (χ0n) is 23.6. The first-order valence-electron chi connectivity index (χ1n) is 13.7. The maximum atomic E-state index is 15.3. The summed E-state index contributed by atoms with van der Waals surface area (Å²) < 4.78 is 86.9. The van der Waals surface area contributed by atoms with Crippen LogP contribution in [0.15, 0.2) is 48.5 Å². The van der Waals surface area contributed by atoms with E-state index in [0.29, 0.717) is 31.6 Å². The number of hydrogen-bond donors (Lipinski definition) is 2. The molecule has 2 amide bonds. The van der Waals surface area contributed by atoms with Crippen molar-refractivity contribution in [3.05, 3.63) is 93.3 Å². The van der Waals surface area contributed by atoms with Gasteiger partial charge >= 0.3 is 6.18 Å². The summed E-state index contributed by atoms with van der Waals surface area (Å²) in [5.41, 5.74) is -4.02. The van der Waals surface area contributed by atoms with E-state index in [4.69, 9.17) is 39.5 Å². The molecule has 2 aliphatic rings. The number of carbonyl (C=O) groups is 3. The summed E-state index contributed by atoms with van der Waals surface area (Å²) >= 11 is 18.7. The second-order valence-electron chi connectivity index (χ2n) is 11.2. The summed E-state index contributed by atoms with van der Waals surface area (Å²) in [4.78, 5) is 38.9. The van der Waals surface area contributed by atoms with Crippen molar-refractivity contribution >= 4 is 63.8 Å². The molecule has 6 nitrogen and oxygen atoms in total. The number of halogens is 9. The van der Waals surface area contributed by atoms with E-state index in [0.717, 1.165) is 18.2 Å². The molecule has 244 valence electrons. The highest BCUT2D eigenvalue weighted by molar-refractivity contribution is 6.53. The number of nitrogens with one attached hydrogen (secondary N) is 2. The van der Waals surface area contributed by atoms with E-state index in [1.807, 2.05) is 0 Å². The van der Waals surface area contributed by atoms with Gasteiger partial charge in [0, 0.05) is 30.2 Å². The molecule has 46 heavy (non-hydrogen) atoms. The Morgan fingerprint density at radius 2 is 1.67 bits per heavy atom. The van der Waals surface area contributed by atoms with Crippen molar-refractivity contribution in [2.45, 2.75) is 48.2 Å². The molecule has 2 fully saturated rings. The Balaban J connectivity index is 1.32. The van der Waals surface area contributed by atoms with Gasteiger partial charge in [-0.3, -0.25) is 14.4 Å². The maximum absolute atomic E-state index is 15.3. The van der Waals surface area contributed by atoms with E-state index in [9.17, 15) is 36.3 Å². The predicted octanol–water partition coefficient (Wildman–Crippen LogP) is 8.24. The van der Waals surface area contributed by atoms with Crippen molar-refractivity contribution in [2.24, 2.45) is 5.92 Å². The minimum Gasteiger partial charge on any atom is -0.365 e. The van der Waals surface area contributed by atoms with Gasteiger partial charge in [-0.1, -0.05) is 23.7 Å². The molecule has 1 aliphatic carbocycles. The molecule has 0 bridgehead atoms. The molecule has 1 aliphatic heterocycles. The Labute approximate surface area is 273 Å². The second-order valence-corrected chi connectivity index (χ2v) is 13.0. The van der Waals surface area contributed by atoms with Crippen molar-refractivity contribution in [3.63, 3.8) is 0 Å². The van der Waals surface area contributed by atoms with E-state index in [-0.39, 0.29) is 27.4 Å². The summed E-state index contributed by atoms with van der Waals surface area (Å²) in [6, 6.07) is 7.93. The Kier molecular flexibility index (Phi) is 9.15.